The van der Waals surface area contributed by atoms with Crippen LogP contribution in [0.25, 0.3) is 0 Å². The predicted octanol–water partition coefficient (Wildman–Crippen LogP) is 4.09. The first kappa shape index (κ1) is 16.1. The molecule has 0 aliphatic rings. The van der Waals surface area contributed by atoms with Gasteiger partial charge in [0.15, 0.2) is 0 Å². The lowest BCUT2D eigenvalue weighted by Gasteiger charge is -2.09. The van der Waals surface area contributed by atoms with Crippen LogP contribution in [0.1, 0.15) is 17.5 Å². The van der Waals surface area contributed by atoms with Crippen LogP contribution >= 0.6 is 0 Å². The molecule has 0 fully saturated rings. The van der Waals surface area contributed by atoms with Gasteiger partial charge in [-0.2, -0.15) is 0 Å². The zero-order valence-corrected chi connectivity index (χ0v) is 13.9. The summed E-state index contributed by atoms with van der Waals surface area (Å²) in [5.74, 6) is 1.80. The van der Waals surface area contributed by atoms with Crippen molar-refractivity contribution >= 4 is 0 Å². The molecule has 2 aromatic carbocycles. The van der Waals surface area contributed by atoms with E-state index in [0.717, 1.165) is 24.5 Å². The molecule has 0 unspecified atom stereocenters. The van der Waals surface area contributed by atoms with E-state index in [9.17, 15) is 0 Å². The second-order valence-corrected chi connectivity index (χ2v) is 5.74. The Kier molecular flexibility index (Phi) is 5.51. The monoisotopic (exact) mass is 322 g/mol. The number of rotatable bonds is 8. The molecule has 124 valence electrons. The largest absolute Gasteiger partial charge is 0.493 e. The first-order valence-corrected chi connectivity index (χ1v) is 8.16. The summed E-state index contributed by atoms with van der Waals surface area (Å²) in [6.45, 7) is 4.19. The number of nitrogens with zero attached hydrogens (tertiary/aromatic N) is 2. The second kappa shape index (κ2) is 8.20. The molecule has 0 aliphatic carbocycles. The number of hydrogen-bond acceptors (Lipinski definition) is 3. The molecule has 0 saturated carbocycles. The van der Waals surface area contributed by atoms with Crippen LogP contribution in [0.2, 0.25) is 0 Å². The molecule has 4 heteroatoms. The molecular weight excluding hydrogens is 300 g/mol. The molecule has 0 N–H and O–H groups in total. The summed E-state index contributed by atoms with van der Waals surface area (Å²) in [5.41, 5.74) is 2.46. The lowest BCUT2D eigenvalue weighted by Crippen LogP contribution is -2.05. The van der Waals surface area contributed by atoms with Gasteiger partial charge in [0.1, 0.15) is 11.5 Å². The third-order valence-corrected chi connectivity index (χ3v) is 3.69. The zero-order valence-electron chi connectivity index (χ0n) is 13.9. The molecule has 4 nitrogen and oxygen atoms in total. The number of ether oxygens (including phenoxy) is 2. The van der Waals surface area contributed by atoms with Crippen LogP contribution in [-0.4, -0.2) is 22.8 Å². The fraction of sp³-hybridized carbons (Fsp3) is 0.250. The molecule has 1 aromatic heterocycles. The molecule has 0 radical (unpaired) electrons. The standard InChI is InChI=1S/C20H22N2O2/c1-17-3-7-19(8-4-17)23-13-2-14-24-20-9-5-18(6-10-20)15-22-12-11-21-16-22/h3-12,16H,2,13-15H2,1H3. The minimum atomic E-state index is 0.646. The predicted molar refractivity (Wildman–Crippen MR) is 94.6 cm³/mol. The summed E-state index contributed by atoms with van der Waals surface area (Å²) in [5, 5.41) is 0. The highest BCUT2D eigenvalue weighted by Gasteiger charge is 1.98. The summed E-state index contributed by atoms with van der Waals surface area (Å²) >= 11 is 0. The quantitative estimate of drug-likeness (QED) is 0.586. The fourth-order valence-corrected chi connectivity index (χ4v) is 2.36. The van der Waals surface area contributed by atoms with Gasteiger partial charge in [0.25, 0.3) is 0 Å². The number of aromatic nitrogens is 2. The van der Waals surface area contributed by atoms with E-state index < -0.39 is 0 Å². The SMILES string of the molecule is Cc1ccc(OCCCOc2ccc(Cn3ccnc3)cc2)cc1. The van der Waals surface area contributed by atoms with Crippen LogP contribution in [0.3, 0.4) is 0 Å². The van der Waals surface area contributed by atoms with Crippen LogP contribution in [0.4, 0.5) is 0 Å². The molecule has 0 saturated heterocycles. The average molecular weight is 322 g/mol. The Morgan fingerprint density at radius 3 is 2.08 bits per heavy atom. The Hall–Kier alpha value is -2.75. The highest BCUT2D eigenvalue weighted by atomic mass is 16.5. The molecule has 1 heterocycles. The molecule has 3 aromatic rings. The van der Waals surface area contributed by atoms with Crippen molar-refractivity contribution in [3.05, 3.63) is 78.4 Å². The lowest BCUT2D eigenvalue weighted by molar-refractivity contribution is 0.247. The van der Waals surface area contributed by atoms with Gasteiger partial charge in [-0.3, -0.25) is 0 Å². The summed E-state index contributed by atoms with van der Waals surface area (Å²) in [6, 6.07) is 16.3. The van der Waals surface area contributed by atoms with Crippen molar-refractivity contribution < 1.29 is 9.47 Å². The minimum absolute atomic E-state index is 0.646. The van der Waals surface area contributed by atoms with Crippen molar-refractivity contribution in [2.45, 2.75) is 19.9 Å². The Bertz CT molecular complexity index is 719. The summed E-state index contributed by atoms with van der Waals surface area (Å²) in [6.07, 6.45) is 6.41. The molecule has 0 atom stereocenters. The molecule has 0 spiro atoms. The van der Waals surface area contributed by atoms with E-state index in [-0.39, 0.29) is 0 Å². The highest BCUT2D eigenvalue weighted by molar-refractivity contribution is 5.27. The van der Waals surface area contributed by atoms with Crippen LogP contribution in [0.5, 0.6) is 11.5 Å². The van der Waals surface area contributed by atoms with Crippen molar-refractivity contribution in [3.63, 3.8) is 0 Å². The van der Waals surface area contributed by atoms with E-state index in [1.807, 2.05) is 41.4 Å². The maximum Gasteiger partial charge on any atom is 0.119 e. The number of imidazole rings is 1. The summed E-state index contributed by atoms with van der Waals surface area (Å²) in [4.78, 5) is 4.05. The molecule has 0 bridgehead atoms. The van der Waals surface area contributed by atoms with Gasteiger partial charge >= 0.3 is 0 Å². The van der Waals surface area contributed by atoms with Gasteiger partial charge < -0.3 is 14.0 Å². The third kappa shape index (κ3) is 4.88. The first-order chi connectivity index (χ1) is 11.8. The van der Waals surface area contributed by atoms with Crippen LogP contribution < -0.4 is 9.47 Å². The second-order valence-electron chi connectivity index (χ2n) is 5.74. The van der Waals surface area contributed by atoms with E-state index >= 15 is 0 Å². The number of hydrogen-bond donors (Lipinski definition) is 0. The molecule has 24 heavy (non-hydrogen) atoms. The van der Waals surface area contributed by atoms with Gasteiger partial charge in [-0.1, -0.05) is 29.8 Å². The lowest BCUT2D eigenvalue weighted by atomic mass is 10.2. The molecule has 0 amide bonds. The van der Waals surface area contributed by atoms with Gasteiger partial charge in [0.2, 0.25) is 0 Å². The van der Waals surface area contributed by atoms with Gasteiger partial charge in [0.05, 0.1) is 19.5 Å². The van der Waals surface area contributed by atoms with Gasteiger partial charge in [-0.05, 0) is 36.8 Å². The highest BCUT2D eigenvalue weighted by Crippen LogP contribution is 2.14. The Morgan fingerprint density at radius 2 is 1.50 bits per heavy atom. The molecule has 3 rings (SSSR count). The average Bonchev–Trinajstić information content (AvgIpc) is 3.11. The van der Waals surface area contributed by atoms with E-state index in [1.54, 1.807) is 6.20 Å². The molecule has 0 aliphatic heterocycles. The Morgan fingerprint density at radius 1 is 0.875 bits per heavy atom. The number of benzene rings is 2. The summed E-state index contributed by atoms with van der Waals surface area (Å²) < 4.78 is 13.5. The summed E-state index contributed by atoms with van der Waals surface area (Å²) in [7, 11) is 0. The fourth-order valence-electron chi connectivity index (χ4n) is 2.36. The van der Waals surface area contributed by atoms with E-state index in [1.165, 1.54) is 11.1 Å². The minimum Gasteiger partial charge on any atom is -0.493 e. The third-order valence-electron chi connectivity index (χ3n) is 3.69. The van der Waals surface area contributed by atoms with Crippen molar-refractivity contribution in [2.75, 3.05) is 13.2 Å². The van der Waals surface area contributed by atoms with Crippen molar-refractivity contribution in [1.29, 1.82) is 0 Å². The number of aryl methyl sites for hydroxylation is 1. The molecular formula is C20H22N2O2. The van der Waals surface area contributed by atoms with Crippen molar-refractivity contribution in [2.24, 2.45) is 0 Å². The van der Waals surface area contributed by atoms with E-state index in [2.05, 4.69) is 36.2 Å². The van der Waals surface area contributed by atoms with Crippen LogP contribution in [0.15, 0.2) is 67.3 Å². The Balaban J connectivity index is 1.36. The van der Waals surface area contributed by atoms with Crippen molar-refractivity contribution in [3.8, 4) is 11.5 Å². The van der Waals surface area contributed by atoms with Crippen LogP contribution in [-0.2, 0) is 6.54 Å². The zero-order chi connectivity index (χ0) is 16.6. The first-order valence-electron chi connectivity index (χ1n) is 8.16. The topological polar surface area (TPSA) is 36.3 Å². The van der Waals surface area contributed by atoms with E-state index in [0.29, 0.717) is 13.2 Å². The maximum absolute atomic E-state index is 5.75. The van der Waals surface area contributed by atoms with E-state index in [4.69, 9.17) is 9.47 Å². The van der Waals surface area contributed by atoms with Crippen LogP contribution in [0, 0.1) is 6.92 Å². The Labute approximate surface area is 142 Å². The normalized spacial score (nSPS) is 10.5. The van der Waals surface area contributed by atoms with Gasteiger partial charge in [-0.15, -0.1) is 0 Å². The maximum atomic E-state index is 5.75. The smallest absolute Gasteiger partial charge is 0.119 e. The van der Waals surface area contributed by atoms with Crippen molar-refractivity contribution in [1.82, 2.24) is 9.55 Å². The van der Waals surface area contributed by atoms with Gasteiger partial charge in [0, 0.05) is 25.4 Å². The van der Waals surface area contributed by atoms with Gasteiger partial charge in [-0.25, -0.2) is 4.98 Å².